The number of benzene rings is 1. The molecule has 76 valence electrons. The van der Waals surface area contributed by atoms with Gasteiger partial charge in [-0.2, -0.15) is 0 Å². The molecule has 14 heavy (non-hydrogen) atoms. The van der Waals surface area contributed by atoms with Gasteiger partial charge in [-0.05, 0) is 24.6 Å². The standard InChI is InChI=1S/C10H11ClFNO/c1-2-3-10(14)13-7-4-5-9(12)8(11)6-7/h4-6H,2-3H2,1H3,(H,13,14). The summed E-state index contributed by atoms with van der Waals surface area (Å²) in [6.07, 6.45) is 1.23. The van der Waals surface area contributed by atoms with Gasteiger partial charge in [0.2, 0.25) is 5.91 Å². The van der Waals surface area contributed by atoms with Crippen molar-refractivity contribution in [2.24, 2.45) is 0 Å². The molecule has 0 fully saturated rings. The van der Waals surface area contributed by atoms with Crippen LogP contribution in [0.5, 0.6) is 0 Å². The van der Waals surface area contributed by atoms with Crippen LogP contribution in [0.25, 0.3) is 0 Å². The fourth-order valence-electron chi connectivity index (χ4n) is 1.02. The predicted octanol–water partition coefficient (Wildman–Crippen LogP) is 3.22. The van der Waals surface area contributed by atoms with E-state index in [0.29, 0.717) is 12.1 Å². The number of carbonyl (C=O) groups excluding carboxylic acids is 1. The Hall–Kier alpha value is -1.09. The Bertz CT molecular complexity index is 341. The van der Waals surface area contributed by atoms with Crippen molar-refractivity contribution < 1.29 is 9.18 Å². The SMILES string of the molecule is CCCC(=O)Nc1ccc(F)c(Cl)c1. The maximum Gasteiger partial charge on any atom is 0.224 e. The molecule has 0 spiro atoms. The molecule has 1 N–H and O–H groups in total. The topological polar surface area (TPSA) is 29.1 Å². The third kappa shape index (κ3) is 3.00. The van der Waals surface area contributed by atoms with Crippen molar-refractivity contribution in [3.8, 4) is 0 Å². The lowest BCUT2D eigenvalue weighted by molar-refractivity contribution is -0.116. The molecule has 1 rings (SSSR count). The number of carbonyl (C=O) groups is 1. The maximum absolute atomic E-state index is 12.7. The number of anilines is 1. The van der Waals surface area contributed by atoms with Crippen molar-refractivity contribution in [3.63, 3.8) is 0 Å². The van der Waals surface area contributed by atoms with Gasteiger partial charge in [0.05, 0.1) is 5.02 Å². The zero-order valence-corrected chi connectivity index (χ0v) is 8.57. The monoisotopic (exact) mass is 215 g/mol. The zero-order chi connectivity index (χ0) is 10.6. The van der Waals surface area contributed by atoms with E-state index in [-0.39, 0.29) is 10.9 Å². The van der Waals surface area contributed by atoms with Crippen molar-refractivity contribution in [1.82, 2.24) is 0 Å². The highest BCUT2D eigenvalue weighted by molar-refractivity contribution is 6.31. The highest BCUT2D eigenvalue weighted by atomic mass is 35.5. The molecule has 0 aliphatic carbocycles. The lowest BCUT2D eigenvalue weighted by Gasteiger charge is -2.04. The van der Waals surface area contributed by atoms with Crippen molar-refractivity contribution in [2.45, 2.75) is 19.8 Å². The third-order valence-electron chi connectivity index (χ3n) is 1.68. The Kier molecular flexibility index (Phi) is 3.89. The molecule has 0 bridgehead atoms. The molecule has 0 aromatic heterocycles. The average Bonchev–Trinajstić information content (AvgIpc) is 2.12. The Labute approximate surface area is 87.1 Å². The number of rotatable bonds is 3. The van der Waals surface area contributed by atoms with Crippen LogP contribution in [0.3, 0.4) is 0 Å². The van der Waals surface area contributed by atoms with Gasteiger partial charge in [0.25, 0.3) is 0 Å². The van der Waals surface area contributed by atoms with Gasteiger partial charge in [0, 0.05) is 12.1 Å². The number of hydrogen-bond donors (Lipinski definition) is 1. The Morgan fingerprint density at radius 1 is 1.57 bits per heavy atom. The van der Waals surface area contributed by atoms with Gasteiger partial charge in [0.1, 0.15) is 5.82 Å². The number of hydrogen-bond acceptors (Lipinski definition) is 1. The molecule has 0 unspecified atom stereocenters. The summed E-state index contributed by atoms with van der Waals surface area (Å²) in [5.41, 5.74) is 0.523. The van der Waals surface area contributed by atoms with Crippen LogP contribution in [0, 0.1) is 5.82 Å². The molecule has 0 saturated heterocycles. The van der Waals surface area contributed by atoms with Crippen LogP contribution in [-0.2, 0) is 4.79 Å². The van der Waals surface area contributed by atoms with Gasteiger partial charge in [-0.15, -0.1) is 0 Å². The van der Waals surface area contributed by atoms with Crippen LogP contribution in [-0.4, -0.2) is 5.91 Å². The summed E-state index contributed by atoms with van der Waals surface area (Å²) in [4.78, 5) is 11.2. The molecule has 1 aromatic carbocycles. The first-order valence-electron chi connectivity index (χ1n) is 4.38. The van der Waals surface area contributed by atoms with E-state index >= 15 is 0 Å². The van der Waals surface area contributed by atoms with E-state index in [0.717, 1.165) is 6.42 Å². The van der Waals surface area contributed by atoms with Crippen molar-refractivity contribution in [1.29, 1.82) is 0 Å². The second kappa shape index (κ2) is 4.96. The molecule has 0 heterocycles. The van der Waals surface area contributed by atoms with Gasteiger partial charge in [0.15, 0.2) is 0 Å². The molecule has 4 heteroatoms. The van der Waals surface area contributed by atoms with Crippen molar-refractivity contribution in [2.75, 3.05) is 5.32 Å². The van der Waals surface area contributed by atoms with E-state index in [9.17, 15) is 9.18 Å². The minimum atomic E-state index is -0.486. The van der Waals surface area contributed by atoms with Gasteiger partial charge in [-0.1, -0.05) is 18.5 Å². The Morgan fingerprint density at radius 3 is 2.86 bits per heavy atom. The summed E-state index contributed by atoms with van der Waals surface area (Å²) in [6.45, 7) is 1.91. The van der Waals surface area contributed by atoms with Gasteiger partial charge in [-0.25, -0.2) is 4.39 Å². The van der Waals surface area contributed by atoms with Crippen LogP contribution in [0.15, 0.2) is 18.2 Å². The molecule has 0 aliphatic heterocycles. The van der Waals surface area contributed by atoms with Crippen LogP contribution < -0.4 is 5.32 Å². The fourth-order valence-corrected chi connectivity index (χ4v) is 1.20. The molecule has 0 aliphatic rings. The van der Waals surface area contributed by atoms with Crippen LogP contribution in [0.4, 0.5) is 10.1 Å². The summed E-state index contributed by atoms with van der Waals surface area (Å²) in [5, 5.41) is 2.63. The van der Waals surface area contributed by atoms with Crippen LogP contribution in [0.1, 0.15) is 19.8 Å². The van der Waals surface area contributed by atoms with E-state index in [1.54, 1.807) is 0 Å². The van der Waals surface area contributed by atoms with Crippen molar-refractivity contribution >= 4 is 23.2 Å². The second-order valence-electron chi connectivity index (χ2n) is 2.93. The summed E-state index contributed by atoms with van der Waals surface area (Å²) in [6, 6.07) is 4.10. The smallest absolute Gasteiger partial charge is 0.224 e. The molecule has 0 radical (unpaired) electrons. The van der Waals surface area contributed by atoms with Gasteiger partial charge >= 0.3 is 0 Å². The second-order valence-corrected chi connectivity index (χ2v) is 3.33. The number of nitrogens with one attached hydrogen (secondary N) is 1. The van der Waals surface area contributed by atoms with E-state index in [2.05, 4.69) is 5.32 Å². The third-order valence-corrected chi connectivity index (χ3v) is 1.97. The summed E-state index contributed by atoms with van der Waals surface area (Å²) >= 11 is 5.55. The fraction of sp³-hybridized carbons (Fsp3) is 0.300. The first-order valence-corrected chi connectivity index (χ1v) is 4.76. The minimum absolute atomic E-state index is 0.0132. The molecule has 1 aromatic rings. The molecule has 1 amide bonds. The van der Waals surface area contributed by atoms with Crippen molar-refractivity contribution in [3.05, 3.63) is 29.0 Å². The van der Waals surface area contributed by atoms with Gasteiger partial charge < -0.3 is 5.32 Å². The highest BCUT2D eigenvalue weighted by Crippen LogP contribution is 2.19. The molecule has 0 saturated carbocycles. The number of amides is 1. The zero-order valence-electron chi connectivity index (χ0n) is 7.81. The van der Waals surface area contributed by atoms with E-state index < -0.39 is 5.82 Å². The van der Waals surface area contributed by atoms with Gasteiger partial charge in [-0.3, -0.25) is 4.79 Å². The Morgan fingerprint density at radius 2 is 2.29 bits per heavy atom. The lowest BCUT2D eigenvalue weighted by atomic mass is 10.3. The summed E-state index contributed by atoms with van der Waals surface area (Å²) in [5.74, 6) is -0.574. The predicted molar refractivity (Wildman–Crippen MR) is 54.9 cm³/mol. The van der Waals surface area contributed by atoms with Crippen LogP contribution in [0.2, 0.25) is 5.02 Å². The highest BCUT2D eigenvalue weighted by Gasteiger charge is 2.03. The lowest BCUT2D eigenvalue weighted by Crippen LogP contribution is -2.10. The largest absolute Gasteiger partial charge is 0.326 e. The van der Waals surface area contributed by atoms with E-state index in [1.807, 2.05) is 6.92 Å². The molecule has 2 nitrogen and oxygen atoms in total. The Balaban J connectivity index is 2.68. The average molecular weight is 216 g/mol. The van der Waals surface area contributed by atoms with E-state index in [4.69, 9.17) is 11.6 Å². The molecular formula is C10H11ClFNO. The van der Waals surface area contributed by atoms with E-state index in [1.165, 1.54) is 18.2 Å². The minimum Gasteiger partial charge on any atom is -0.326 e. The molecule has 0 atom stereocenters. The first-order chi connectivity index (χ1) is 6.63. The maximum atomic E-state index is 12.7. The first kappa shape index (κ1) is 11.0. The molecular weight excluding hydrogens is 205 g/mol. The summed E-state index contributed by atoms with van der Waals surface area (Å²) in [7, 11) is 0. The summed E-state index contributed by atoms with van der Waals surface area (Å²) < 4.78 is 12.7. The van der Waals surface area contributed by atoms with Crippen LogP contribution >= 0.6 is 11.6 Å². The normalized spacial score (nSPS) is 9.93. The quantitative estimate of drug-likeness (QED) is 0.824. The number of halogens is 2.